The number of aromatic hydroxyl groups is 1. The Labute approximate surface area is 111 Å². The Bertz CT molecular complexity index is 391. The van der Waals surface area contributed by atoms with Gasteiger partial charge in [0.05, 0.1) is 13.2 Å². The molecular weight excluding hydrogens is 253 g/mol. The van der Waals surface area contributed by atoms with E-state index in [0.717, 1.165) is 6.07 Å². The minimum atomic E-state index is -0.742. The number of amides is 1. The zero-order chi connectivity index (χ0) is 14.1. The van der Waals surface area contributed by atoms with Gasteiger partial charge in [0, 0.05) is 20.3 Å². The summed E-state index contributed by atoms with van der Waals surface area (Å²) in [7, 11) is 1.59. The predicted octanol–water partition coefficient (Wildman–Crippen LogP) is 1.31. The quantitative estimate of drug-likeness (QED) is 0.700. The van der Waals surface area contributed by atoms with Gasteiger partial charge < -0.3 is 19.9 Å². The molecule has 2 N–H and O–H groups in total. The van der Waals surface area contributed by atoms with Crippen LogP contribution >= 0.6 is 0 Å². The second kappa shape index (κ2) is 8.44. The smallest absolute Gasteiger partial charge is 0.258 e. The number of benzene rings is 1. The van der Waals surface area contributed by atoms with Crippen molar-refractivity contribution in [1.29, 1.82) is 0 Å². The molecule has 0 aliphatic carbocycles. The Morgan fingerprint density at radius 2 is 2.16 bits per heavy atom. The maximum absolute atomic E-state index is 13.4. The number of ether oxygens (including phenoxy) is 2. The number of rotatable bonds is 8. The van der Waals surface area contributed by atoms with Crippen molar-refractivity contribution in [2.24, 2.45) is 0 Å². The van der Waals surface area contributed by atoms with E-state index < -0.39 is 11.7 Å². The third-order valence-electron chi connectivity index (χ3n) is 2.40. The van der Waals surface area contributed by atoms with Crippen LogP contribution in [0.2, 0.25) is 0 Å². The lowest BCUT2D eigenvalue weighted by Gasteiger charge is -2.08. The van der Waals surface area contributed by atoms with E-state index in [9.17, 15) is 14.3 Å². The summed E-state index contributed by atoms with van der Waals surface area (Å²) in [6.45, 7) is 1.85. The van der Waals surface area contributed by atoms with E-state index in [1.807, 2.05) is 0 Å². The molecule has 0 aliphatic heterocycles. The van der Waals surface area contributed by atoms with Crippen molar-refractivity contribution >= 4 is 5.91 Å². The maximum atomic E-state index is 13.4. The number of carbonyl (C=O) groups is 1. The lowest BCUT2D eigenvalue weighted by Crippen LogP contribution is -2.26. The summed E-state index contributed by atoms with van der Waals surface area (Å²) in [5.41, 5.74) is -0.331. The number of halogens is 1. The SMILES string of the molecule is COCCOCCCNC(=O)c1c(O)cccc1F. The largest absolute Gasteiger partial charge is 0.507 e. The van der Waals surface area contributed by atoms with Crippen LogP contribution in [0.15, 0.2) is 18.2 Å². The molecule has 0 saturated carbocycles. The monoisotopic (exact) mass is 271 g/mol. The lowest BCUT2D eigenvalue weighted by atomic mass is 10.1. The molecule has 0 fully saturated rings. The van der Waals surface area contributed by atoms with Crippen molar-refractivity contribution in [3.05, 3.63) is 29.6 Å². The number of phenols is 1. The molecule has 1 aromatic carbocycles. The first-order chi connectivity index (χ1) is 9.16. The van der Waals surface area contributed by atoms with Crippen LogP contribution in [0.4, 0.5) is 4.39 Å². The minimum Gasteiger partial charge on any atom is -0.507 e. The first-order valence-corrected chi connectivity index (χ1v) is 5.99. The van der Waals surface area contributed by atoms with E-state index >= 15 is 0 Å². The highest BCUT2D eigenvalue weighted by atomic mass is 19.1. The third kappa shape index (κ3) is 5.23. The summed E-state index contributed by atoms with van der Waals surface area (Å²) in [5, 5.41) is 11.9. The molecule has 0 radical (unpaired) electrons. The molecule has 0 unspecified atom stereocenters. The van der Waals surface area contributed by atoms with Crippen LogP contribution in [0.3, 0.4) is 0 Å². The zero-order valence-corrected chi connectivity index (χ0v) is 10.8. The number of phenolic OH excluding ortho intramolecular Hbond substituents is 1. The average Bonchev–Trinajstić information content (AvgIpc) is 2.37. The van der Waals surface area contributed by atoms with E-state index in [4.69, 9.17) is 9.47 Å². The van der Waals surface area contributed by atoms with Gasteiger partial charge in [-0.2, -0.15) is 0 Å². The van der Waals surface area contributed by atoms with Crippen molar-refractivity contribution in [2.45, 2.75) is 6.42 Å². The van der Waals surface area contributed by atoms with E-state index in [0.29, 0.717) is 32.8 Å². The van der Waals surface area contributed by atoms with Crippen molar-refractivity contribution in [1.82, 2.24) is 5.32 Å². The van der Waals surface area contributed by atoms with Gasteiger partial charge >= 0.3 is 0 Å². The van der Waals surface area contributed by atoms with Crippen LogP contribution in [0.25, 0.3) is 0 Å². The molecule has 0 saturated heterocycles. The van der Waals surface area contributed by atoms with Crippen LogP contribution in [0.5, 0.6) is 5.75 Å². The highest BCUT2D eigenvalue weighted by Gasteiger charge is 2.15. The average molecular weight is 271 g/mol. The highest BCUT2D eigenvalue weighted by molar-refractivity contribution is 5.97. The number of carbonyl (C=O) groups excluding carboxylic acids is 1. The second-order valence-corrected chi connectivity index (χ2v) is 3.85. The van der Waals surface area contributed by atoms with E-state index in [2.05, 4.69) is 5.32 Å². The van der Waals surface area contributed by atoms with Gasteiger partial charge in [-0.25, -0.2) is 4.39 Å². The summed E-state index contributed by atoms with van der Waals surface area (Å²) in [5.74, 6) is -1.74. The molecule has 0 bridgehead atoms. The fraction of sp³-hybridized carbons (Fsp3) is 0.462. The fourth-order valence-electron chi connectivity index (χ4n) is 1.45. The van der Waals surface area contributed by atoms with Gasteiger partial charge in [-0.3, -0.25) is 4.79 Å². The van der Waals surface area contributed by atoms with Gasteiger partial charge in [0.15, 0.2) is 0 Å². The Morgan fingerprint density at radius 1 is 1.37 bits per heavy atom. The van der Waals surface area contributed by atoms with Gasteiger partial charge in [0.25, 0.3) is 5.91 Å². The first kappa shape index (κ1) is 15.4. The Hall–Kier alpha value is -1.66. The standard InChI is InChI=1S/C13H18FNO4/c1-18-8-9-19-7-3-6-15-13(17)12-10(14)4-2-5-11(12)16/h2,4-5,16H,3,6-9H2,1H3,(H,15,17). The highest BCUT2D eigenvalue weighted by Crippen LogP contribution is 2.19. The van der Waals surface area contributed by atoms with Gasteiger partial charge in [-0.1, -0.05) is 6.07 Å². The van der Waals surface area contributed by atoms with Crippen molar-refractivity contribution < 1.29 is 23.8 Å². The molecule has 0 spiro atoms. The fourth-order valence-corrected chi connectivity index (χ4v) is 1.45. The van der Waals surface area contributed by atoms with Crippen molar-refractivity contribution in [3.8, 4) is 5.75 Å². The minimum absolute atomic E-state index is 0.331. The number of nitrogens with one attached hydrogen (secondary N) is 1. The van der Waals surface area contributed by atoms with E-state index in [1.54, 1.807) is 7.11 Å². The van der Waals surface area contributed by atoms with Crippen molar-refractivity contribution in [2.75, 3.05) is 33.5 Å². The molecule has 106 valence electrons. The van der Waals surface area contributed by atoms with Crippen LogP contribution in [-0.4, -0.2) is 44.5 Å². The van der Waals surface area contributed by atoms with Gasteiger partial charge in [0.1, 0.15) is 17.1 Å². The van der Waals surface area contributed by atoms with Gasteiger partial charge in [-0.15, -0.1) is 0 Å². The molecule has 19 heavy (non-hydrogen) atoms. The van der Waals surface area contributed by atoms with E-state index in [1.165, 1.54) is 12.1 Å². The number of hydrogen-bond acceptors (Lipinski definition) is 4. The Balaban J connectivity index is 2.28. The molecule has 0 aliphatic rings. The van der Waals surface area contributed by atoms with Crippen molar-refractivity contribution in [3.63, 3.8) is 0 Å². The van der Waals surface area contributed by atoms with Crippen LogP contribution in [-0.2, 0) is 9.47 Å². The molecule has 0 heterocycles. The number of hydrogen-bond donors (Lipinski definition) is 2. The predicted molar refractivity (Wildman–Crippen MR) is 67.7 cm³/mol. The molecule has 1 rings (SSSR count). The Kier molecular flexibility index (Phi) is 6.84. The molecule has 6 heteroatoms. The maximum Gasteiger partial charge on any atom is 0.258 e. The second-order valence-electron chi connectivity index (χ2n) is 3.85. The lowest BCUT2D eigenvalue weighted by molar-refractivity contribution is 0.0688. The topological polar surface area (TPSA) is 67.8 Å². The summed E-state index contributed by atoms with van der Waals surface area (Å²) < 4.78 is 23.4. The summed E-state index contributed by atoms with van der Waals surface area (Å²) >= 11 is 0. The molecule has 5 nitrogen and oxygen atoms in total. The summed E-state index contributed by atoms with van der Waals surface area (Å²) in [4.78, 5) is 11.6. The molecule has 0 atom stereocenters. The molecule has 0 aromatic heterocycles. The van der Waals surface area contributed by atoms with Crippen LogP contribution in [0.1, 0.15) is 16.8 Å². The third-order valence-corrected chi connectivity index (χ3v) is 2.40. The van der Waals surface area contributed by atoms with Crippen LogP contribution < -0.4 is 5.32 Å². The molecule has 1 aromatic rings. The summed E-state index contributed by atoms with van der Waals surface area (Å²) in [6, 6.07) is 3.74. The van der Waals surface area contributed by atoms with Crippen LogP contribution in [0, 0.1) is 5.82 Å². The zero-order valence-electron chi connectivity index (χ0n) is 10.8. The molecule has 1 amide bonds. The number of methoxy groups -OCH3 is 1. The van der Waals surface area contributed by atoms with E-state index in [-0.39, 0.29) is 11.3 Å². The first-order valence-electron chi connectivity index (χ1n) is 5.99. The van der Waals surface area contributed by atoms with Gasteiger partial charge in [-0.05, 0) is 18.6 Å². The Morgan fingerprint density at radius 3 is 2.84 bits per heavy atom. The molecular formula is C13H18FNO4. The normalized spacial score (nSPS) is 10.4. The summed E-state index contributed by atoms with van der Waals surface area (Å²) in [6.07, 6.45) is 0.602. The van der Waals surface area contributed by atoms with Gasteiger partial charge in [0.2, 0.25) is 0 Å².